The number of nitrogens with zero attached hydrogens (tertiary/aromatic N) is 4. The first-order valence-corrected chi connectivity index (χ1v) is 9.01. The maximum atomic E-state index is 13.0. The molecule has 0 spiro atoms. The van der Waals surface area contributed by atoms with Gasteiger partial charge in [-0.25, -0.2) is 10.0 Å². The number of carbonyl (C=O) groups is 1. The van der Waals surface area contributed by atoms with Crippen LogP contribution in [-0.2, 0) is 4.79 Å². The van der Waals surface area contributed by atoms with Crippen LogP contribution in [0.1, 0.15) is 11.5 Å². The molecule has 138 valence electrons. The van der Waals surface area contributed by atoms with Gasteiger partial charge in [0.25, 0.3) is 5.91 Å². The highest BCUT2D eigenvalue weighted by atomic mass is 16.3. The number of aryl methyl sites for hydroxylation is 1. The lowest BCUT2D eigenvalue weighted by Crippen LogP contribution is -2.56. The number of hydrogen-bond donors (Lipinski definition) is 1. The van der Waals surface area contributed by atoms with E-state index in [0.29, 0.717) is 17.4 Å². The molecule has 0 saturated carbocycles. The first-order chi connectivity index (χ1) is 13.7. The highest BCUT2D eigenvalue weighted by Gasteiger charge is 2.41. The summed E-state index contributed by atoms with van der Waals surface area (Å²) in [7, 11) is 0. The van der Waals surface area contributed by atoms with Gasteiger partial charge >= 0.3 is 0 Å². The molecule has 1 aromatic heterocycles. The van der Waals surface area contributed by atoms with Crippen molar-refractivity contribution in [1.82, 2.24) is 10.4 Å². The number of rotatable bonds is 2. The second-order valence-corrected chi connectivity index (χ2v) is 6.72. The number of amidine groups is 1. The summed E-state index contributed by atoms with van der Waals surface area (Å²) < 4.78 is 5.47. The molecule has 7 heteroatoms. The molecule has 28 heavy (non-hydrogen) atoms. The van der Waals surface area contributed by atoms with Crippen molar-refractivity contribution in [3.05, 3.63) is 83.7 Å². The molecular formula is C21H17N5O2. The Hall–Kier alpha value is -3.74. The lowest BCUT2D eigenvalue weighted by atomic mass is 9.89. The summed E-state index contributed by atoms with van der Waals surface area (Å²) in [5.41, 5.74) is 4.77. The van der Waals surface area contributed by atoms with Gasteiger partial charge in [-0.15, -0.1) is 5.10 Å². The van der Waals surface area contributed by atoms with E-state index in [-0.39, 0.29) is 11.8 Å². The monoisotopic (exact) mass is 371 g/mol. The van der Waals surface area contributed by atoms with Gasteiger partial charge in [-0.3, -0.25) is 10.2 Å². The summed E-state index contributed by atoms with van der Waals surface area (Å²) in [6, 6.07) is 3.69. The maximum Gasteiger partial charge on any atom is 0.260 e. The van der Waals surface area contributed by atoms with Crippen LogP contribution >= 0.6 is 0 Å². The van der Waals surface area contributed by atoms with Crippen LogP contribution in [-0.4, -0.2) is 28.7 Å². The molecule has 7 nitrogen and oxygen atoms in total. The Bertz CT molecular complexity index is 1090. The lowest BCUT2D eigenvalue weighted by molar-refractivity contribution is -0.132. The fraction of sp³-hybridized carbons (Fsp3) is 0.143. The topological polar surface area (TPSA) is 82.6 Å². The quantitative estimate of drug-likeness (QED) is 0.641. The molecule has 2 atom stereocenters. The predicted molar refractivity (Wildman–Crippen MR) is 106 cm³/mol. The van der Waals surface area contributed by atoms with E-state index in [1.54, 1.807) is 6.21 Å². The van der Waals surface area contributed by atoms with Gasteiger partial charge in [-0.1, -0.05) is 42.5 Å². The van der Waals surface area contributed by atoms with E-state index in [4.69, 9.17) is 9.41 Å². The molecule has 5 rings (SSSR count). The number of furan rings is 1. The zero-order chi connectivity index (χ0) is 19.1. The molecule has 2 aliphatic heterocycles. The van der Waals surface area contributed by atoms with Gasteiger partial charge in [-0.2, -0.15) is 5.10 Å². The molecule has 0 radical (unpaired) electrons. The standard InChI is InChI=1S/C21H17N5O2/c1-13-10-11-14(28-13)12-22-24-19-15-6-2-3-7-16(15)20-23-18-9-5-4-8-17(18)21(27)26(20)25-19/h2-12,15,17H,1H3,(H,24,25)/b22-12+. The summed E-state index contributed by atoms with van der Waals surface area (Å²) >= 11 is 0. The molecule has 3 heterocycles. The second kappa shape index (κ2) is 6.45. The maximum absolute atomic E-state index is 13.0. The summed E-state index contributed by atoms with van der Waals surface area (Å²) in [4.78, 5) is 17.8. The van der Waals surface area contributed by atoms with Crippen LogP contribution in [0.25, 0.3) is 0 Å². The van der Waals surface area contributed by atoms with Gasteiger partial charge in [0.2, 0.25) is 0 Å². The van der Waals surface area contributed by atoms with Gasteiger partial charge in [0.15, 0.2) is 11.7 Å². The number of amides is 1. The van der Waals surface area contributed by atoms with Crippen molar-refractivity contribution in [2.45, 2.75) is 6.92 Å². The number of allylic oxidation sites excluding steroid dienone is 6. The fourth-order valence-corrected chi connectivity index (χ4v) is 3.50. The number of nitrogens with one attached hydrogen (secondary N) is 1. The van der Waals surface area contributed by atoms with Crippen molar-refractivity contribution >= 4 is 23.7 Å². The van der Waals surface area contributed by atoms with E-state index in [1.807, 2.05) is 67.7 Å². The van der Waals surface area contributed by atoms with Crippen LogP contribution < -0.4 is 5.43 Å². The van der Waals surface area contributed by atoms with Crippen molar-refractivity contribution in [1.29, 1.82) is 0 Å². The molecule has 1 amide bonds. The minimum atomic E-state index is -0.391. The van der Waals surface area contributed by atoms with Crippen molar-refractivity contribution < 1.29 is 9.21 Å². The van der Waals surface area contributed by atoms with E-state index in [1.165, 1.54) is 5.01 Å². The third kappa shape index (κ3) is 2.68. The Morgan fingerprint density at radius 2 is 1.96 bits per heavy atom. The number of hydrogen-bond acceptors (Lipinski definition) is 5. The molecule has 0 saturated heterocycles. The highest BCUT2D eigenvalue weighted by Crippen LogP contribution is 2.34. The number of aliphatic imine (C=N–C) groups is 1. The summed E-state index contributed by atoms with van der Waals surface area (Å²) in [5, 5.41) is 9.93. The molecule has 1 N–H and O–H groups in total. The number of hydrazine groups is 1. The molecule has 2 unspecified atom stereocenters. The SMILES string of the molecule is Cc1ccc(/C=N/N=C2NN3C(=O)C4C=CC=CC4=NC3=C3C=CC=CC23)o1. The van der Waals surface area contributed by atoms with Crippen LogP contribution in [0.15, 0.2) is 91.7 Å². The minimum absolute atomic E-state index is 0.0900. The Morgan fingerprint density at radius 1 is 1.14 bits per heavy atom. The molecule has 0 bridgehead atoms. The van der Waals surface area contributed by atoms with E-state index in [0.717, 1.165) is 17.0 Å². The first-order valence-electron chi connectivity index (χ1n) is 9.01. The summed E-state index contributed by atoms with van der Waals surface area (Å²) in [5.74, 6) is 1.96. The zero-order valence-electron chi connectivity index (χ0n) is 15.1. The van der Waals surface area contributed by atoms with Crippen LogP contribution in [0.4, 0.5) is 0 Å². The largest absolute Gasteiger partial charge is 0.460 e. The normalized spacial score (nSPS) is 26.5. The van der Waals surface area contributed by atoms with Gasteiger partial charge in [0.05, 0.1) is 17.8 Å². The van der Waals surface area contributed by atoms with Crippen LogP contribution in [0.2, 0.25) is 0 Å². The van der Waals surface area contributed by atoms with Crippen LogP contribution in [0.3, 0.4) is 0 Å². The average Bonchev–Trinajstić information content (AvgIpc) is 3.14. The van der Waals surface area contributed by atoms with Gasteiger partial charge in [0, 0.05) is 5.57 Å². The molecule has 2 aliphatic carbocycles. The van der Waals surface area contributed by atoms with E-state index < -0.39 is 5.92 Å². The van der Waals surface area contributed by atoms with Gasteiger partial charge in [-0.05, 0) is 25.1 Å². The number of fused-ring (bicyclic) bond motifs is 3. The predicted octanol–water partition coefficient (Wildman–Crippen LogP) is 2.82. The van der Waals surface area contributed by atoms with E-state index in [9.17, 15) is 4.79 Å². The Balaban J connectivity index is 1.54. The van der Waals surface area contributed by atoms with Crippen molar-refractivity contribution in [3.63, 3.8) is 0 Å². The number of carbonyl (C=O) groups excluding carboxylic acids is 1. The van der Waals surface area contributed by atoms with Crippen molar-refractivity contribution in [2.75, 3.05) is 0 Å². The molecule has 0 fully saturated rings. The summed E-state index contributed by atoms with van der Waals surface area (Å²) in [6.45, 7) is 1.87. The molecule has 1 aromatic rings. The van der Waals surface area contributed by atoms with E-state index >= 15 is 0 Å². The zero-order valence-corrected chi connectivity index (χ0v) is 15.1. The van der Waals surface area contributed by atoms with Crippen molar-refractivity contribution in [2.24, 2.45) is 27.0 Å². The molecule has 4 aliphatic rings. The van der Waals surface area contributed by atoms with Crippen LogP contribution in [0.5, 0.6) is 0 Å². The Labute approximate surface area is 161 Å². The highest BCUT2D eigenvalue weighted by molar-refractivity contribution is 6.15. The van der Waals surface area contributed by atoms with Gasteiger partial charge in [0.1, 0.15) is 17.4 Å². The minimum Gasteiger partial charge on any atom is -0.460 e. The third-order valence-electron chi connectivity index (χ3n) is 4.85. The third-order valence-corrected chi connectivity index (χ3v) is 4.85. The Kier molecular flexibility index (Phi) is 3.79. The molecular weight excluding hydrogens is 354 g/mol. The second-order valence-electron chi connectivity index (χ2n) is 6.72. The van der Waals surface area contributed by atoms with E-state index in [2.05, 4.69) is 15.6 Å². The fourth-order valence-electron chi connectivity index (χ4n) is 3.50. The summed E-state index contributed by atoms with van der Waals surface area (Å²) in [6.07, 6.45) is 16.9. The lowest BCUT2D eigenvalue weighted by Gasteiger charge is -2.39. The smallest absolute Gasteiger partial charge is 0.260 e. The Morgan fingerprint density at radius 3 is 2.79 bits per heavy atom. The van der Waals surface area contributed by atoms with Crippen LogP contribution in [0, 0.1) is 18.8 Å². The average molecular weight is 371 g/mol. The molecule has 0 aromatic carbocycles. The van der Waals surface area contributed by atoms with Gasteiger partial charge < -0.3 is 4.42 Å². The first kappa shape index (κ1) is 16.4. The van der Waals surface area contributed by atoms with Crippen molar-refractivity contribution in [3.8, 4) is 0 Å².